The zero-order valence-electron chi connectivity index (χ0n) is 10.6. The first kappa shape index (κ1) is 13.5. The molecule has 0 aromatic heterocycles. The lowest BCUT2D eigenvalue weighted by Gasteiger charge is -2.25. The predicted molar refractivity (Wildman–Crippen MR) is 71.9 cm³/mol. The highest BCUT2D eigenvalue weighted by molar-refractivity contribution is 6.30. The number of hydrogen-bond donors (Lipinski definition) is 1. The van der Waals surface area contributed by atoms with Crippen LogP contribution in [0.15, 0.2) is 24.3 Å². The molecule has 0 aliphatic carbocycles. The van der Waals surface area contributed by atoms with Gasteiger partial charge in [0, 0.05) is 17.1 Å². The van der Waals surface area contributed by atoms with Crippen molar-refractivity contribution in [2.45, 2.75) is 46.2 Å². The predicted octanol–water partition coefficient (Wildman–Crippen LogP) is 4.43. The van der Waals surface area contributed by atoms with Gasteiger partial charge in [-0.15, -0.1) is 0 Å². The second kappa shape index (κ2) is 6.27. The maximum atomic E-state index is 5.99. The molecule has 16 heavy (non-hydrogen) atoms. The van der Waals surface area contributed by atoms with E-state index in [9.17, 15) is 0 Å². The molecule has 0 radical (unpaired) electrons. The summed E-state index contributed by atoms with van der Waals surface area (Å²) < 4.78 is 0. The third kappa shape index (κ3) is 3.80. The van der Waals surface area contributed by atoms with Gasteiger partial charge in [0.15, 0.2) is 0 Å². The standard InChI is InChI=1S/C14H22ClN/c1-5-14(10(2)3)16-11(4)12-7-6-8-13(15)9-12/h6-11,14,16H,5H2,1-4H3/t11-,14?/m0/s1. The molecule has 0 heterocycles. The summed E-state index contributed by atoms with van der Waals surface area (Å²) in [4.78, 5) is 0. The molecule has 0 amide bonds. The maximum Gasteiger partial charge on any atom is 0.0409 e. The van der Waals surface area contributed by atoms with Gasteiger partial charge in [-0.1, -0.05) is 44.5 Å². The smallest absolute Gasteiger partial charge is 0.0409 e. The van der Waals surface area contributed by atoms with E-state index >= 15 is 0 Å². The van der Waals surface area contributed by atoms with Gasteiger partial charge in [-0.25, -0.2) is 0 Å². The maximum absolute atomic E-state index is 5.99. The average molecular weight is 240 g/mol. The third-order valence-electron chi connectivity index (χ3n) is 3.06. The summed E-state index contributed by atoms with van der Waals surface area (Å²) in [6, 6.07) is 8.99. The van der Waals surface area contributed by atoms with Gasteiger partial charge in [-0.05, 0) is 37.0 Å². The van der Waals surface area contributed by atoms with E-state index in [1.54, 1.807) is 0 Å². The lowest BCUT2D eigenvalue weighted by atomic mass is 9.99. The van der Waals surface area contributed by atoms with Crippen LogP contribution in [0.4, 0.5) is 0 Å². The van der Waals surface area contributed by atoms with Gasteiger partial charge < -0.3 is 5.32 Å². The summed E-state index contributed by atoms with van der Waals surface area (Å²) in [5.74, 6) is 0.659. The quantitative estimate of drug-likeness (QED) is 0.802. The minimum atomic E-state index is 0.353. The molecule has 0 bridgehead atoms. The number of halogens is 1. The molecule has 0 saturated heterocycles. The summed E-state index contributed by atoms with van der Waals surface area (Å²) in [6.45, 7) is 8.93. The van der Waals surface area contributed by atoms with Crippen molar-refractivity contribution in [3.05, 3.63) is 34.9 Å². The third-order valence-corrected chi connectivity index (χ3v) is 3.29. The summed E-state index contributed by atoms with van der Waals surface area (Å²) >= 11 is 5.99. The molecule has 1 rings (SSSR count). The Morgan fingerprint density at radius 2 is 1.94 bits per heavy atom. The van der Waals surface area contributed by atoms with Crippen molar-refractivity contribution in [2.75, 3.05) is 0 Å². The first-order valence-electron chi connectivity index (χ1n) is 6.06. The number of rotatable bonds is 5. The molecule has 1 N–H and O–H groups in total. The minimum absolute atomic E-state index is 0.353. The van der Waals surface area contributed by atoms with Gasteiger partial charge in [-0.2, -0.15) is 0 Å². The fraction of sp³-hybridized carbons (Fsp3) is 0.571. The van der Waals surface area contributed by atoms with Crippen LogP contribution in [-0.2, 0) is 0 Å². The molecular formula is C14H22ClN. The molecule has 1 aromatic rings. The van der Waals surface area contributed by atoms with E-state index in [1.807, 2.05) is 18.2 Å². The van der Waals surface area contributed by atoms with E-state index < -0.39 is 0 Å². The van der Waals surface area contributed by atoms with E-state index in [2.05, 4.69) is 39.1 Å². The lowest BCUT2D eigenvalue weighted by Crippen LogP contribution is -2.35. The normalized spacial score (nSPS) is 15.1. The van der Waals surface area contributed by atoms with E-state index in [1.165, 1.54) is 5.56 Å². The fourth-order valence-electron chi connectivity index (χ4n) is 1.97. The van der Waals surface area contributed by atoms with Crippen molar-refractivity contribution in [3.63, 3.8) is 0 Å². The highest BCUT2D eigenvalue weighted by atomic mass is 35.5. The molecule has 0 saturated carbocycles. The fourth-order valence-corrected chi connectivity index (χ4v) is 2.17. The van der Waals surface area contributed by atoms with Crippen molar-refractivity contribution in [1.82, 2.24) is 5.32 Å². The zero-order valence-corrected chi connectivity index (χ0v) is 11.4. The van der Waals surface area contributed by atoms with Crippen molar-refractivity contribution < 1.29 is 0 Å². The molecule has 1 aromatic carbocycles. The Bertz CT molecular complexity index is 322. The van der Waals surface area contributed by atoms with Crippen LogP contribution in [0.25, 0.3) is 0 Å². The van der Waals surface area contributed by atoms with E-state index in [0.29, 0.717) is 18.0 Å². The summed E-state index contributed by atoms with van der Waals surface area (Å²) in [5.41, 5.74) is 1.26. The Hall–Kier alpha value is -0.530. The van der Waals surface area contributed by atoms with Crippen LogP contribution in [0.1, 0.15) is 45.7 Å². The second-order valence-corrected chi connectivity index (χ2v) is 5.14. The van der Waals surface area contributed by atoms with E-state index in [4.69, 9.17) is 11.6 Å². The summed E-state index contributed by atoms with van der Waals surface area (Å²) in [5, 5.41) is 4.46. The summed E-state index contributed by atoms with van der Waals surface area (Å²) in [7, 11) is 0. The largest absolute Gasteiger partial charge is 0.307 e. The van der Waals surface area contributed by atoms with Crippen LogP contribution in [0, 0.1) is 5.92 Å². The number of benzene rings is 1. The van der Waals surface area contributed by atoms with Gasteiger partial charge in [-0.3, -0.25) is 0 Å². The van der Waals surface area contributed by atoms with Crippen LogP contribution in [-0.4, -0.2) is 6.04 Å². The van der Waals surface area contributed by atoms with Gasteiger partial charge >= 0.3 is 0 Å². The van der Waals surface area contributed by atoms with E-state index in [-0.39, 0.29) is 0 Å². The molecule has 0 aliphatic rings. The molecule has 90 valence electrons. The lowest BCUT2D eigenvalue weighted by molar-refractivity contribution is 0.356. The zero-order chi connectivity index (χ0) is 12.1. The number of hydrogen-bond acceptors (Lipinski definition) is 1. The Balaban J connectivity index is 2.67. The minimum Gasteiger partial charge on any atom is -0.307 e. The molecule has 0 aliphatic heterocycles. The van der Waals surface area contributed by atoms with Crippen LogP contribution >= 0.6 is 11.6 Å². The summed E-state index contributed by atoms with van der Waals surface area (Å²) in [6.07, 6.45) is 1.16. The van der Waals surface area contributed by atoms with Gasteiger partial charge in [0.2, 0.25) is 0 Å². The Morgan fingerprint density at radius 3 is 2.44 bits per heavy atom. The van der Waals surface area contributed by atoms with Crippen LogP contribution < -0.4 is 5.32 Å². The Kier molecular flexibility index (Phi) is 5.30. The Labute approximate surface area is 104 Å². The van der Waals surface area contributed by atoms with E-state index in [0.717, 1.165) is 11.4 Å². The molecule has 2 atom stereocenters. The highest BCUT2D eigenvalue weighted by Crippen LogP contribution is 2.19. The molecule has 0 fully saturated rings. The van der Waals surface area contributed by atoms with Crippen molar-refractivity contribution >= 4 is 11.6 Å². The molecule has 0 spiro atoms. The first-order chi connectivity index (χ1) is 7.54. The van der Waals surface area contributed by atoms with Crippen LogP contribution in [0.5, 0.6) is 0 Å². The van der Waals surface area contributed by atoms with Crippen LogP contribution in [0.3, 0.4) is 0 Å². The topological polar surface area (TPSA) is 12.0 Å². The molecule has 1 nitrogen and oxygen atoms in total. The SMILES string of the molecule is CCC(N[C@@H](C)c1cccc(Cl)c1)C(C)C. The molecular weight excluding hydrogens is 218 g/mol. The Morgan fingerprint density at radius 1 is 1.25 bits per heavy atom. The second-order valence-electron chi connectivity index (χ2n) is 4.70. The molecule has 1 unspecified atom stereocenters. The first-order valence-corrected chi connectivity index (χ1v) is 6.44. The monoisotopic (exact) mass is 239 g/mol. The van der Waals surface area contributed by atoms with Crippen molar-refractivity contribution in [3.8, 4) is 0 Å². The highest BCUT2D eigenvalue weighted by Gasteiger charge is 2.14. The van der Waals surface area contributed by atoms with Gasteiger partial charge in [0.25, 0.3) is 0 Å². The number of nitrogens with one attached hydrogen (secondary N) is 1. The average Bonchev–Trinajstić information content (AvgIpc) is 2.25. The van der Waals surface area contributed by atoms with Gasteiger partial charge in [0.05, 0.1) is 0 Å². The van der Waals surface area contributed by atoms with Crippen molar-refractivity contribution in [2.24, 2.45) is 5.92 Å². The van der Waals surface area contributed by atoms with Gasteiger partial charge in [0.1, 0.15) is 0 Å². The molecule has 2 heteroatoms. The van der Waals surface area contributed by atoms with Crippen LogP contribution in [0.2, 0.25) is 5.02 Å². The van der Waals surface area contributed by atoms with Crippen molar-refractivity contribution in [1.29, 1.82) is 0 Å².